The van der Waals surface area contributed by atoms with Crippen LogP contribution in [0.5, 0.6) is 0 Å². The van der Waals surface area contributed by atoms with Crippen molar-refractivity contribution in [2.45, 2.75) is 66.2 Å². The first-order chi connectivity index (χ1) is 9.37. The fourth-order valence-electron chi connectivity index (χ4n) is 2.50. The maximum absolute atomic E-state index is 12.4. The fourth-order valence-corrected chi connectivity index (χ4v) is 2.50. The Labute approximate surface area is 123 Å². The smallest absolute Gasteiger partial charge is 0.240 e. The van der Waals surface area contributed by atoms with E-state index in [1.165, 1.54) is 0 Å². The molecule has 0 fully saturated rings. The van der Waals surface area contributed by atoms with E-state index in [0.29, 0.717) is 19.4 Å². The van der Waals surface area contributed by atoms with Crippen LogP contribution in [0.15, 0.2) is 0 Å². The average molecular weight is 282 g/mol. The van der Waals surface area contributed by atoms with Gasteiger partial charge in [-0.25, -0.2) is 0 Å². The van der Waals surface area contributed by atoms with Crippen molar-refractivity contribution in [1.29, 1.82) is 5.26 Å². The van der Waals surface area contributed by atoms with Crippen molar-refractivity contribution in [3.63, 3.8) is 0 Å². The molecule has 0 aromatic carbocycles. The summed E-state index contributed by atoms with van der Waals surface area (Å²) in [6.45, 7) is 8.85. The Hall–Kier alpha value is -1.08. The standard InChI is InChI=1S/C16H30N2O2/c1-5-8-16(12-17,9-6-2)14(20)18-13-15(3,4)10-7-11-19/h19H,5-11,13H2,1-4H3,(H,18,20). The summed E-state index contributed by atoms with van der Waals surface area (Å²) in [5.41, 5.74) is -0.936. The number of rotatable bonds is 10. The number of aliphatic hydroxyl groups excluding tert-OH is 1. The largest absolute Gasteiger partial charge is 0.396 e. The van der Waals surface area contributed by atoms with E-state index in [-0.39, 0.29) is 17.9 Å². The molecule has 20 heavy (non-hydrogen) atoms. The number of nitrogens with one attached hydrogen (secondary N) is 1. The van der Waals surface area contributed by atoms with E-state index >= 15 is 0 Å². The lowest BCUT2D eigenvalue weighted by Gasteiger charge is -2.29. The predicted octanol–water partition coefficient (Wildman–Crippen LogP) is 3.01. The molecule has 0 aliphatic heterocycles. The van der Waals surface area contributed by atoms with E-state index in [4.69, 9.17) is 5.11 Å². The molecule has 0 saturated heterocycles. The highest BCUT2D eigenvalue weighted by Gasteiger charge is 2.37. The van der Waals surface area contributed by atoms with Crippen LogP contribution in [0.3, 0.4) is 0 Å². The van der Waals surface area contributed by atoms with Gasteiger partial charge in [-0.15, -0.1) is 0 Å². The van der Waals surface area contributed by atoms with Crippen LogP contribution in [0.1, 0.15) is 66.2 Å². The number of nitriles is 1. The Morgan fingerprint density at radius 3 is 2.15 bits per heavy atom. The minimum Gasteiger partial charge on any atom is -0.396 e. The Bertz CT molecular complexity index is 326. The molecule has 4 nitrogen and oxygen atoms in total. The molecule has 0 bridgehead atoms. The third kappa shape index (κ3) is 5.92. The van der Waals surface area contributed by atoms with E-state index in [0.717, 1.165) is 25.7 Å². The normalized spacial score (nSPS) is 12.0. The van der Waals surface area contributed by atoms with Gasteiger partial charge in [0.05, 0.1) is 6.07 Å². The molecule has 1 amide bonds. The molecule has 0 aromatic heterocycles. The second-order valence-electron chi connectivity index (χ2n) is 6.37. The van der Waals surface area contributed by atoms with Crippen LogP contribution in [0, 0.1) is 22.2 Å². The quantitative estimate of drug-likeness (QED) is 0.647. The van der Waals surface area contributed by atoms with Crippen LogP contribution in [0.4, 0.5) is 0 Å². The third-order valence-corrected chi connectivity index (χ3v) is 3.74. The fraction of sp³-hybridized carbons (Fsp3) is 0.875. The van der Waals surface area contributed by atoms with E-state index < -0.39 is 5.41 Å². The van der Waals surface area contributed by atoms with Gasteiger partial charge in [-0.2, -0.15) is 5.26 Å². The van der Waals surface area contributed by atoms with Gasteiger partial charge in [0.2, 0.25) is 5.91 Å². The highest BCUT2D eigenvalue weighted by Crippen LogP contribution is 2.30. The summed E-state index contributed by atoms with van der Waals surface area (Å²) in [4.78, 5) is 12.4. The van der Waals surface area contributed by atoms with Crippen LogP contribution < -0.4 is 5.32 Å². The number of hydrogen-bond donors (Lipinski definition) is 2. The molecule has 0 aromatic rings. The Morgan fingerprint density at radius 1 is 1.20 bits per heavy atom. The molecule has 0 rings (SSSR count). The molecule has 116 valence electrons. The van der Waals surface area contributed by atoms with E-state index in [9.17, 15) is 10.1 Å². The van der Waals surface area contributed by atoms with Crippen LogP contribution in [-0.4, -0.2) is 24.2 Å². The van der Waals surface area contributed by atoms with Gasteiger partial charge in [-0.05, 0) is 31.1 Å². The Morgan fingerprint density at radius 2 is 1.75 bits per heavy atom. The first-order valence-electron chi connectivity index (χ1n) is 7.68. The van der Waals surface area contributed by atoms with Gasteiger partial charge in [-0.3, -0.25) is 4.79 Å². The topological polar surface area (TPSA) is 73.1 Å². The lowest BCUT2D eigenvalue weighted by Crippen LogP contribution is -2.43. The number of amides is 1. The number of nitrogens with zero attached hydrogens (tertiary/aromatic N) is 1. The number of carbonyl (C=O) groups is 1. The Balaban J connectivity index is 4.66. The van der Waals surface area contributed by atoms with Crippen molar-refractivity contribution < 1.29 is 9.90 Å². The summed E-state index contributed by atoms with van der Waals surface area (Å²) >= 11 is 0. The summed E-state index contributed by atoms with van der Waals surface area (Å²) in [5, 5.41) is 21.3. The summed E-state index contributed by atoms with van der Waals surface area (Å²) in [6.07, 6.45) is 4.46. The number of hydrogen-bond acceptors (Lipinski definition) is 3. The molecule has 0 aliphatic rings. The van der Waals surface area contributed by atoms with Crippen molar-refractivity contribution in [2.24, 2.45) is 10.8 Å². The molecular weight excluding hydrogens is 252 g/mol. The first kappa shape index (κ1) is 18.9. The van der Waals surface area contributed by atoms with Crippen molar-refractivity contribution >= 4 is 5.91 Å². The molecule has 0 aliphatic carbocycles. The van der Waals surface area contributed by atoms with Crippen LogP contribution in [0.2, 0.25) is 0 Å². The van der Waals surface area contributed by atoms with Crippen molar-refractivity contribution in [3.8, 4) is 6.07 Å². The molecule has 0 saturated carbocycles. The first-order valence-corrected chi connectivity index (χ1v) is 7.68. The van der Waals surface area contributed by atoms with Gasteiger partial charge >= 0.3 is 0 Å². The zero-order chi connectivity index (χ0) is 15.6. The molecule has 0 spiro atoms. The molecule has 0 unspecified atom stereocenters. The molecule has 2 N–H and O–H groups in total. The maximum Gasteiger partial charge on any atom is 0.240 e. The lowest BCUT2D eigenvalue weighted by atomic mass is 9.79. The number of aliphatic hydroxyl groups is 1. The Kier molecular flexibility index (Phi) is 8.48. The zero-order valence-electron chi connectivity index (χ0n) is 13.5. The second-order valence-corrected chi connectivity index (χ2v) is 6.37. The molecular formula is C16H30N2O2. The van der Waals surface area contributed by atoms with Crippen molar-refractivity contribution in [3.05, 3.63) is 0 Å². The van der Waals surface area contributed by atoms with E-state index in [2.05, 4.69) is 25.2 Å². The SMILES string of the molecule is CCCC(C#N)(CCC)C(=O)NCC(C)(C)CCCO. The molecule has 0 radical (unpaired) electrons. The van der Waals surface area contributed by atoms with Crippen LogP contribution in [-0.2, 0) is 4.79 Å². The predicted molar refractivity (Wildman–Crippen MR) is 81.0 cm³/mol. The summed E-state index contributed by atoms with van der Waals surface area (Å²) in [6, 6.07) is 2.24. The summed E-state index contributed by atoms with van der Waals surface area (Å²) in [7, 11) is 0. The van der Waals surface area contributed by atoms with Gasteiger partial charge in [0.15, 0.2) is 0 Å². The van der Waals surface area contributed by atoms with Gasteiger partial charge in [0.25, 0.3) is 0 Å². The zero-order valence-corrected chi connectivity index (χ0v) is 13.5. The highest BCUT2D eigenvalue weighted by molar-refractivity contribution is 5.85. The summed E-state index contributed by atoms with van der Waals surface area (Å²) in [5.74, 6) is -0.138. The highest BCUT2D eigenvalue weighted by atomic mass is 16.2. The van der Waals surface area contributed by atoms with Gasteiger partial charge < -0.3 is 10.4 Å². The summed E-state index contributed by atoms with van der Waals surface area (Å²) < 4.78 is 0. The lowest BCUT2D eigenvalue weighted by molar-refractivity contribution is -0.129. The van der Waals surface area contributed by atoms with E-state index in [1.54, 1.807) is 0 Å². The second kappa shape index (κ2) is 8.97. The van der Waals surface area contributed by atoms with Crippen molar-refractivity contribution in [1.82, 2.24) is 5.32 Å². The molecule has 0 heterocycles. The monoisotopic (exact) mass is 282 g/mol. The maximum atomic E-state index is 12.4. The number of carbonyl (C=O) groups excluding carboxylic acids is 1. The van der Waals surface area contributed by atoms with Gasteiger partial charge in [0.1, 0.15) is 5.41 Å². The van der Waals surface area contributed by atoms with Gasteiger partial charge in [-0.1, -0.05) is 40.5 Å². The third-order valence-electron chi connectivity index (χ3n) is 3.74. The van der Waals surface area contributed by atoms with E-state index in [1.807, 2.05) is 13.8 Å². The average Bonchev–Trinajstić information content (AvgIpc) is 2.42. The van der Waals surface area contributed by atoms with Gasteiger partial charge in [0, 0.05) is 13.2 Å². The molecule has 4 heteroatoms. The van der Waals surface area contributed by atoms with Crippen LogP contribution in [0.25, 0.3) is 0 Å². The minimum atomic E-state index is -0.878. The van der Waals surface area contributed by atoms with Crippen molar-refractivity contribution in [2.75, 3.05) is 13.2 Å². The van der Waals surface area contributed by atoms with Crippen LogP contribution >= 0.6 is 0 Å². The minimum absolute atomic E-state index is 0.0575. The molecule has 0 atom stereocenters.